The zero-order valence-corrected chi connectivity index (χ0v) is 15.6. The average molecular weight is 436 g/mol. The lowest BCUT2D eigenvalue weighted by Crippen LogP contribution is -2.13. The number of nitriles is 1. The second kappa shape index (κ2) is 8.02. The lowest BCUT2D eigenvalue weighted by molar-refractivity contribution is 0.295. The average Bonchev–Trinajstić information content (AvgIpc) is 2.53. The Morgan fingerprint density at radius 3 is 2.75 bits per heavy atom. The van der Waals surface area contributed by atoms with E-state index in [1.807, 2.05) is 19.1 Å². The van der Waals surface area contributed by atoms with Crippen LogP contribution in [0.15, 0.2) is 35.6 Å². The van der Waals surface area contributed by atoms with Gasteiger partial charge in [-0.2, -0.15) is 5.26 Å². The minimum absolute atomic E-state index is 0.0820. The maximum atomic E-state index is 12.0. The molecular formula is C18H17IN2O3. The van der Waals surface area contributed by atoms with Crippen molar-refractivity contribution >= 4 is 22.6 Å². The lowest BCUT2D eigenvalue weighted by Gasteiger charge is -2.15. The second-order valence-electron chi connectivity index (χ2n) is 5.00. The number of rotatable bonds is 6. The van der Waals surface area contributed by atoms with E-state index in [0.29, 0.717) is 36.0 Å². The summed E-state index contributed by atoms with van der Waals surface area (Å²) in [5.41, 5.74) is 1.69. The first-order valence-corrected chi connectivity index (χ1v) is 8.44. The molecule has 0 aliphatic heterocycles. The molecule has 0 fully saturated rings. The van der Waals surface area contributed by atoms with Crippen molar-refractivity contribution in [2.45, 2.75) is 13.8 Å². The van der Waals surface area contributed by atoms with Gasteiger partial charge >= 0.3 is 0 Å². The minimum Gasteiger partial charge on any atom is -0.490 e. The van der Waals surface area contributed by atoms with E-state index in [9.17, 15) is 10.1 Å². The Balaban J connectivity index is 2.67. The van der Waals surface area contributed by atoms with Gasteiger partial charge < -0.3 is 14.5 Å². The molecule has 0 atom stereocenters. The SMILES string of the molecule is C=CCOc1c(I)cc(-c2cc(C)[nH]c(=O)c2C#N)cc1OCC. The summed E-state index contributed by atoms with van der Waals surface area (Å²) in [6.45, 7) is 8.15. The van der Waals surface area contributed by atoms with Gasteiger partial charge in [-0.25, -0.2) is 0 Å². The predicted molar refractivity (Wildman–Crippen MR) is 102 cm³/mol. The zero-order chi connectivity index (χ0) is 17.7. The number of hydrogen-bond acceptors (Lipinski definition) is 4. The molecular weight excluding hydrogens is 419 g/mol. The molecule has 0 saturated carbocycles. The molecule has 0 amide bonds. The summed E-state index contributed by atoms with van der Waals surface area (Å²) in [4.78, 5) is 14.7. The van der Waals surface area contributed by atoms with E-state index < -0.39 is 5.56 Å². The molecule has 6 heteroatoms. The summed E-state index contributed by atoms with van der Waals surface area (Å²) in [5.74, 6) is 1.20. The molecule has 0 aliphatic rings. The third-order valence-electron chi connectivity index (χ3n) is 3.25. The number of halogens is 1. The number of pyridine rings is 1. The van der Waals surface area contributed by atoms with Gasteiger partial charge in [-0.05, 0) is 60.2 Å². The van der Waals surface area contributed by atoms with Crippen LogP contribution in [-0.2, 0) is 0 Å². The molecule has 2 rings (SSSR count). The summed E-state index contributed by atoms with van der Waals surface area (Å²) in [6.07, 6.45) is 1.66. The van der Waals surface area contributed by atoms with E-state index in [0.717, 1.165) is 9.13 Å². The Morgan fingerprint density at radius 2 is 2.12 bits per heavy atom. The Labute approximate surface area is 154 Å². The molecule has 2 aromatic rings. The Kier molecular flexibility index (Phi) is 6.04. The summed E-state index contributed by atoms with van der Waals surface area (Å²) < 4.78 is 12.2. The van der Waals surface area contributed by atoms with Gasteiger partial charge in [0.05, 0.1) is 10.2 Å². The first-order chi connectivity index (χ1) is 11.5. The number of hydrogen-bond donors (Lipinski definition) is 1. The third-order valence-corrected chi connectivity index (χ3v) is 4.05. The van der Waals surface area contributed by atoms with Crippen molar-refractivity contribution in [1.82, 2.24) is 4.98 Å². The Hall–Kier alpha value is -2.27. The molecule has 5 nitrogen and oxygen atoms in total. The summed E-state index contributed by atoms with van der Waals surface area (Å²) in [6, 6.07) is 7.42. The standard InChI is InChI=1S/C18H17IN2O3/c1-4-6-24-17-15(19)8-12(9-16(17)23-5-2)13-7-11(3)21-18(22)14(13)10-20/h4,7-9H,1,5-6H2,2-3H3,(H,21,22). The molecule has 24 heavy (non-hydrogen) atoms. The lowest BCUT2D eigenvalue weighted by atomic mass is 10.0. The topological polar surface area (TPSA) is 75.1 Å². The highest BCUT2D eigenvalue weighted by atomic mass is 127. The highest BCUT2D eigenvalue weighted by Gasteiger charge is 2.16. The maximum absolute atomic E-state index is 12.0. The number of aromatic amines is 1. The van der Waals surface area contributed by atoms with E-state index in [2.05, 4.69) is 34.2 Å². The van der Waals surface area contributed by atoms with Gasteiger partial charge in [0.15, 0.2) is 11.5 Å². The van der Waals surface area contributed by atoms with E-state index in [1.165, 1.54) is 0 Å². The van der Waals surface area contributed by atoms with Crippen LogP contribution in [0.3, 0.4) is 0 Å². The first kappa shape index (κ1) is 18.1. The number of aromatic nitrogens is 1. The van der Waals surface area contributed by atoms with E-state index in [-0.39, 0.29) is 5.56 Å². The van der Waals surface area contributed by atoms with Gasteiger partial charge in [-0.15, -0.1) is 0 Å². The van der Waals surface area contributed by atoms with Gasteiger partial charge in [0.1, 0.15) is 18.2 Å². The van der Waals surface area contributed by atoms with Crippen molar-refractivity contribution in [2.24, 2.45) is 0 Å². The number of nitrogens with one attached hydrogen (secondary N) is 1. The fraction of sp³-hybridized carbons (Fsp3) is 0.222. The molecule has 0 radical (unpaired) electrons. The normalized spacial score (nSPS) is 10.1. The number of H-pyrrole nitrogens is 1. The number of benzene rings is 1. The van der Waals surface area contributed by atoms with Crippen molar-refractivity contribution in [3.8, 4) is 28.7 Å². The van der Waals surface area contributed by atoms with Gasteiger partial charge in [0.2, 0.25) is 0 Å². The monoisotopic (exact) mass is 436 g/mol. The minimum atomic E-state index is -0.396. The predicted octanol–water partition coefficient (Wildman–Crippen LogP) is 3.79. The second-order valence-corrected chi connectivity index (χ2v) is 6.16. The van der Waals surface area contributed by atoms with Gasteiger partial charge in [-0.3, -0.25) is 4.79 Å². The molecule has 1 aromatic carbocycles. The third kappa shape index (κ3) is 3.79. The van der Waals surface area contributed by atoms with Crippen LogP contribution in [0.25, 0.3) is 11.1 Å². The van der Waals surface area contributed by atoms with Crippen LogP contribution in [0.2, 0.25) is 0 Å². The van der Waals surface area contributed by atoms with Crippen molar-refractivity contribution in [3.63, 3.8) is 0 Å². The van der Waals surface area contributed by atoms with Crippen LogP contribution in [-0.4, -0.2) is 18.2 Å². The van der Waals surface area contributed by atoms with Crippen LogP contribution in [0.1, 0.15) is 18.2 Å². The highest BCUT2D eigenvalue weighted by molar-refractivity contribution is 14.1. The van der Waals surface area contributed by atoms with Crippen LogP contribution < -0.4 is 15.0 Å². The van der Waals surface area contributed by atoms with Crippen molar-refractivity contribution in [3.05, 3.63) is 56.0 Å². The van der Waals surface area contributed by atoms with Crippen LogP contribution in [0.4, 0.5) is 0 Å². The summed E-state index contributed by atoms with van der Waals surface area (Å²) >= 11 is 2.15. The smallest absolute Gasteiger partial charge is 0.266 e. The van der Waals surface area contributed by atoms with Crippen molar-refractivity contribution in [1.29, 1.82) is 5.26 Å². The largest absolute Gasteiger partial charge is 0.490 e. The molecule has 0 aliphatic carbocycles. The number of aryl methyl sites for hydroxylation is 1. The molecule has 1 N–H and O–H groups in total. The molecule has 1 aromatic heterocycles. The fourth-order valence-corrected chi connectivity index (χ4v) is 3.05. The molecule has 0 unspecified atom stereocenters. The van der Waals surface area contributed by atoms with E-state index in [4.69, 9.17) is 9.47 Å². The van der Waals surface area contributed by atoms with Crippen molar-refractivity contribution in [2.75, 3.05) is 13.2 Å². The number of ether oxygens (including phenoxy) is 2. The van der Waals surface area contributed by atoms with Crippen molar-refractivity contribution < 1.29 is 9.47 Å². The van der Waals surface area contributed by atoms with E-state index >= 15 is 0 Å². The Morgan fingerprint density at radius 1 is 1.38 bits per heavy atom. The summed E-state index contributed by atoms with van der Waals surface area (Å²) in [7, 11) is 0. The van der Waals surface area contributed by atoms with Crippen LogP contribution in [0.5, 0.6) is 11.5 Å². The maximum Gasteiger partial charge on any atom is 0.266 e. The quantitative estimate of drug-likeness (QED) is 0.553. The fourth-order valence-electron chi connectivity index (χ4n) is 2.30. The van der Waals surface area contributed by atoms with Gasteiger partial charge in [-0.1, -0.05) is 12.7 Å². The molecule has 124 valence electrons. The van der Waals surface area contributed by atoms with E-state index in [1.54, 1.807) is 25.1 Å². The first-order valence-electron chi connectivity index (χ1n) is 7.36. The van der Waals surface area contributed by atoms with Gasteiger partial charge in [0.25, 0.3) is 5.56 Å². The van der Waals surface area contributed by atoms with Crippen LogP contribution in [0, 0.1) is 21.8 Å². The molecule has 0 saturated heterocycles. The molecule has 1 heterocycles. The number of nitrogens with zero attached hydrogens (tertiary/aromatic N) is 1. The zero-order valence-electron chi connectivity index (χ0n) is 13.5. The van der Waals surface area contributed by atoms with Crippen LogP contribution >= 0.6 is 22.6 Å². The molecule has 0 bridgehead atoms. The van der Waals surface area contributed by atoms with Gasteiger partial charge in [0, 0.05) is 11.3 Å². The highest BCUT2D eigenvalue weighted by Crippen LogP contribution is 2.38. The molecule has 0 spiro atoms. The summed E-state index contributed by atoms with van der Waals surface area (Å²) in [5, 5.41) is 9.33. The Bertz CT molecular complexity index is 866.